The normalized spacial score (nSPS) is 16.1. The van der Waals surface area contributed by atoms with Crippen molar-refractivity contribution in [1.29, 1.82) is 0 Å². The molecule has 3 amide bonds. The van der Waals surface area contributed by atoms with E-state index in [0.29, 0.717) is 50.3 Å². The van der Waals surface area contributed by atoms with E-state index in [1.54, 1.807) is 41.5 Å². The first kappa shape index (κ1) is 53.4. The summed E-state index contributed by atoms with van der Waals surface area (Å²) in [5, 5.41) is 8.44. The molecule has 0 heterocycles. The van der Waals surface area contributed by atoms with Crippen LogP contribution in [0.15, 0.2) is 24.3 Å². The number of esters is 2. The zero-order chi connectivity index (χ0) is 46.5. The van der Waals surface area contributed by atoms with Crippen LogP contribution < -0.4 is 25.4 Å². The van der Waals surface area contributed by atoms with Crippen molar-refractivity contribution >= 4 is 47.9 Å². The third-order valence-corrected chi connectivity index (χ3v) is 12.2. The molecule has 1 aliphatic carbocycles. The number of unbranched alkanes of at least 4 members (excludes halogenated alkanes) is 1. The number of amides is 3. The van der Waals surface area contributed by atoms with E-state index in [4.69, 9.17) is 18.9 Å². The molecular formula is C44H76N4O11SSi. The van der Waals surface area contributed by atoms with Crippen molar-refractivity contribution in [3.8, 4) is 5.75 Å². The number of benzene rings is 1. The van der Waals surface area contributed by atoms with Gasteiger partial charge in [-0.15, -0.1) is 0 Å². The molecule has 2 rings (SSSR count). The van der Waals surface area contributed by atoms with E-state index in [1.165, 1.54) is 0 Å². The van der Waals surface area contributed by atoms with E-state index in [9.17, 15) is 32.4 Å². The summed E-state index contributed by atoms with van der Waals surface area (Å²) in [6.45, 7) is 23.3. The van der Waals surface area contributed by atoms with E-state index < -0.39 is 88.2 Å². The second-order valence-electron chi connectivity index (χ2n) is 20.5. The average molecular weight is 897 g/mol. The minimum atomic E-state index is -3.79. The molecule has 0 saturated heterocycles. The zero-order valence-corrected chi connectivity index (χ0v) is 40.9. The quantitative estimate of drug-likeness (QED) is 0.0433. The summed E-state index contributed by atoms with van der Waals surface area (Å²) in [7, 11) is -5.39. The molecule has 15 nitrogen and oxygen atoms in total. The molecule has 1 fully saturated rings. The highest BCUT2D eigenvalue weighted by molar-refractivity contribution is 7.88. The standard InChI is InChI=1S/C44H76N4O11SSi/c1-41(2,3)57-32-21-19-31(20-22-32)30-35(38(51)58-42(4,5)6)47-39(52)44(24-15-16-25-44)33(37(50)56-28-29-61(11,12)13)23-27-45-36(49)34(48-60(10,54)55)18-14-17-26-46-40(53)59-43(7,8)9/h19-22,33-35,48H,14-18,23-30H2,1-13H3,(H,45,49)(H,46,53)(H,47,52)/t33-,34-,35-/m0/s1. The van der Waals surface area contributed by atoms with E-state index in [2.05, 4.69) is 40.3 Å². The summed E-state index contributed by atoms with van der Waals surface area (Å²) >= 11 is 0. The number of ether oxygens (including phenoxy) is 4. The lowest BCUT2D eigenvalue weighted by Crippen LogP contribution is -2.54. The number of carbonyl (C=O) groups is 5. The van der Waals surface area contributed by atoms with Crippen molar-refractivity contribution in [3.63, 3.8) is 0 Å². The van der Waals surface area contributed by atoms with Gasteiger partial charge in [0.25, 0.3) is 0 Å². The molecule has 0 unspecified atom stereocenters. The van der Waals surface area contributed by atoms with E-state index >= 15 is 0 Å². The van der Waals surface area contributed by atoms with Crippen molar-refractivity contribution in [3.05, 3.63) is 29.8 Å². The van der Waals surface area contributed by atoms with Crippen LogP contribution in [0.1, 0.15) is 119 Å². The Morgan fingerprint density at radius 1 is 0.754 bits per heavy atom. The number of sulfonamides is 1. The van der Waals surface area contributed by atoms with Gasteiger partial charge in [-0.25, -0.2) is 22.7 Å². The van der Waals surface area contributed by atoms with Crippen LogP contribution in [0.2, 0.25) is 25.7 Å². The number of hydrogen-bond donors (Lipinski definition) is 4. The molecule has 0 spiro atoms. The largest absolute Gasteiger partial charge is 0.488 e. The third kappa shape index (κ3) is 21.3. The molecule has 1 aliphatic rings. The summed E-state index contributed by atoms with van der Waals surface area (Å²) < 4.78 is 49.8. The summed E-state index contributed by atoms with van der Waals surface area (Å²) in [6, 6.07) is 5.82. The van der Waals surface area contributed by atoms with Gasteiger partial charge < -0.3 is 34.9 Å². The lowest BCUT2D eigenvalue weighted by atomic mass is 9.71. The van der Waals surface area contributed by atoms with Crippen LogP contribution in [0, 0.1) is 11.3 Å². The highest BCUT2D eigenvalue weighted by Gasteiger charge is 2.52. The van der Waals surface area contributed by atoms with Gasteiger partial charge in [0.2, 0.25) is 21.8 Å². The Hall–Kier alpha value is -3.70. The molecule has 1 aromatic rings. The lowest BCUT2D eigenvalue weighted by molar-refractivity contribution is -0.162. The van der Waals surface area contributed by atoms with Crippen LogP contribution in [-0.4, -0.2) is 101 Å². The van der Waals surface area contributed by atoms with Gasteiger partial charge in [0, 0.05) is 27.6 Å². The summed E-state index contributed by atoms with van der Waals surface area (Å²) in [4.78, 5) is 68.2. The Bertz CT molecular complexity index is 1720. The predicted octanol–water partition coefficient (Wildman–Crippen LogP) is 6.41. The molecule has 1 aromatic carbocycles. The van der Waals surface area contributed by atoms with Crippen LogP contribution in [0.3, 0.4) is 0 Å². The topological polar surface area (TPSA) is 205 Å². The first-order valence-corrected chi connectivity index (χ1v) is 27.2. The Labute approximate surface area is 366 Å². The molecule has 17 heteroatoms. The number of hydrogen-bond acceptors (Lipinski definition) is 11. The first-order chi connectivity index (χ1) is 27.9. The average Bonchev–Trinajstić information content (AvgIpc) is 3.57. The van der Waals surface area contributed by atoms with E-state index in [1.807, 2.05) is 45.0 Å². The van der Waals surface area contributed by atoms with Gasteiger partial charge in [-0.05, 0) is 125 Å². The minimum Gasteiger partial charge on any atom is -0.488 e. The third-order valence-electron chi connectivity index (χ3n) is 9.77. The van der Waals surface area contributed by atoms with Crippen LogP contribution in [0.5, 0.6) is 5.75 Å². The van der Waals surface area contributed by atoms with Crippen molar-refractivity contribution in [2.75, 3.05) is 26.0 Å². The molecule has 1 saturated carbocycles. The van der Waals surface area contributed by atoms with Gasteiger partial charge in [0.1, 0.15) is 34.6 Å². The summed E-state index contributed by atoms with van der Waals surface area (Å²) in [5.41, 5.74) is -2.39. The summed E-state index contributed by atoms with van der Waals surface area (Å²) in [6.07, 6.45) is 3.58. The highest BCUT2D eigenvalue weighted by atomic mass is 32.2. The maximum atomic E-state index is 14.7. The van der Waals surface area contributed by atoms with E-state index in [-0.39, 0.29) is 39.0 Å². The smallest absolute Gasteiger partial charge is 0.407 e. The Balaban J connectivity index is 2.35. The molecule has 0 bridgehead atoms. The lowest BCUT2D eigenvalue weighted by Gasteiger charge is -2.36. The number of rotatable bonds is 22. The number of nitrogens with one attached hydrogen (secondary N) is 4. The Morgan fingerprint density at radius 2 is 1.34 bits per heavy atom. The monoisotopic (exact) mass is 897 g/mol. The van der Waals surface area contributed by atoms with Crippen LogP contribution in [-0.2, 0) is 49.8 Å². The molecular weight excluding hydrogens is 821 g/mol. The van der Waals surface area contributed by atoms with Crippen LogP contribution >= 0.6 is 0 Å². The van der Waals surface area contributed by atoms with Gasteiger partial charge in [0.05, 0.1) is 24.2 Å². The number of carbonyl (C=O) groups excluding carboxylic acids is 5. The molecule has 0 radical (unpaired) electrons. The molecule has 4 N–H and O–H groups in total. The molecule has 61 heavy (non-hydrogen) atoms. The SMILES string of the molecule is CC(C)(C)OC(=O)NCCCC[C@H](NS(C)(=O)=O)C(=O)NCC[C@@H](C(=O)OCC[Si](C)(C)C)C1(C(=O)N[C@@H](Cc2ccc(OC(C)(C)C)cc2)C(=O)OC(C)(C)C)CCCC1. The predicted molar refractivity (Wildman–Crippen MR) is 239 cm³/mol. The minimum absolute atomic E-state index is 0.0304. The maximum absolute atomic E-state index is 14.7. The van der Waals surface area contributed by atoms with Crippen LogP contribution in [0.4, 0.5) is 4.79 Å². The summed E-state index contributed by atoms with van der Waals surface area (Å²) in [5.74, 6) is -2.56. The molecule has 0 aliphatic heterocycles. The van der Waals surface area contributed by atoms with Crippen molar-refractivity contribution in [2.24, 2.45) is 11.3 Å². The second kappa shape index (κ2) is 22.6. The first-order valence-electron chi connectivity index (χ1n) is 21.6. The fourth-order valence-corrected chi connectivity index (χ4v) is 8.47. The van der Waals surface area contributed by atoms with Gasteiger partial charge in [-0.2, -0.15) is 0 Å². The van der Waals surface area contributed by atoms with Crippen LogP contribution in [0.25, 0.3) is 0 Å². The van der Waals surface area contributed by atoms with Gasteiger partial charge >= 0.3 is 18.0 Å². The van der Waals surface area contributed by atoms with Gasteiger partial charge in [-0.1, -0.05) is 44.6 Å². The Kier molecular flexibility index (Phi) is 19.8. The second-order valence-corrected chi connectivity index (χ2v) is 27.9. The molecule has 3 atom stereocenters. The Morgan fingerprint density at radius 3 is 1.87 bits per heavy atom. The molecule has 0 aromatic heterocycles. The fraction of sp³-hybridized carbons (Fsp3) is 0.750. The highest BCUT2D eigenvalue weighted by Crippen LogP contribution is 2.47. The van der Waals surface area contributed by atoms with Crippen molar-refractivity contribution in [2.45, 2.75) is 175 Å². The molecule has 348 valence electrons. The maximum Gasteiger partial charge on any atom is 0.407 e. The number of alkyl carbamates (subject to hydrolysis) is 1. The van der Waals surface area contributed by atoms with Gasteiger partial charge in [0.15, 0.2) is 0 Å². The fourth-order valence-electron chi connectivity index (χ4n) is 7.01. The van der Waals surface area contributed by atoms with E-state index in [0.717, 1.165) is 11.8 Å². The van der Waals surface area contributed by atoms with Crippen molar-refractivity contribution in [1.82, 2.24) is 20.7 Å². The van der Waals surface area contributed by atoms with Gasteiger partial charge in [-0.3, -0.25) is 14.4 Å². The zero-order valence-electron chi connectivity index (χ0n) is 39.1. The van der Waals surface area contributed by atoms with Crippen molar-refractivity contribution < 1.29 is 51.3 Å².